The maximum Gasteiger partial charge on any atom is 0.410 e. The fourth-order valence-electron chi connectivity index (χ4n) is 5.23. The lowest BCUT2D eigenvalue weighted by Gasteiger charge is -2.51. The third-order valence-corrected chi connectivity index (χ3v) is 7.22. The maximum atomic E-state index is 12.4. The van der Waals surface area contributed by atoms with E-state index in [9.17, 15) is 4.79 Å². The zero-order chi connectivity index (χ0) is 23.6. The quantitative estimate of drug-likeness (QED) is 0.612. The molecule has 0 radical (unpaired) electrons. The molecule has 1 aromatic carbocycles. The minimum atomic E-state index is -0.432. The Morgan fingerprint density at radius 3 is 2.06 bits per heavy atom. The molecule has 0 saturated carbocycles. The average Bonchev–Trinajstić information content (AvgIpc) is 2.71. The Morgan fingerprint density at radius 2 is 1.56 bits per heavy atom. The van der Waals surface area contributed by atoms with Gasteiger partial charge in [0.15, 0.2) is 0 Å². The van der Waals surface area contributed by atoms with Crippen LogP contribution in [0.1, 0.15) is 79.7 Å². The SMILES string of the molecule is CC(C)(C)OC(=O)N1CCC(C)(N2CCC(N(Cc3ccccc3)C(C)(C)C)CC2)CC1. The van der Waals surface area contributed by atoms with Crippen molar-refractivity contribution >= 4 is 6.09 Å². The second-order valence-corrected chi connectivity index (χ2v) is 12.0. The Morgan fingerprint density at radius 1 is 1.00 bits per heavy atom. The van der Waals surface area contributed by atoms with Crippen molar-refractivity contribution in [1.29, 1.82) is 0 Å². The van der Waals surface area contributed by atoms with E-state index in [0.717, 1.165) is 45.6 Å². The number of rotatable bonds is 4. The summed E-state index contributed by atoms with van der Waals surface area (Å²) in [5.74, 6) is 0. The summed E-state index contributed by atoms with van der Waals surface area (Å²) in [4.78, 5) is 19.7. The van der Waals surface area contributed by atoms with Gasteiger partial charge in [0.25, 0.3) is 0 Å². The molecule has 3 rings (SSSR count). The van der Waals surface area contributed by atoms with Crippen LogP contribution in [0.3, 0.4) is 0 Å². The number of hydrogen-bond donors (Lipinski definition) is 0. The summed E-state index contributed by atoms with van der Waals surface area (Å²) in [5.41, 5.74) is 1.28. The van der Waals surface area contributed by atoms with Crippen molar-refractivity contribution in [1.82, 2.24) is 14.7 Å². The normalized spacial score (nSPS) is 21.1. The molecule has 1 amide bonds. The fraction of sp³-hybridized carbons (Fsp3) is 0.741. The summed E-state index contributed by atoms with van der Waals surface area (Å²) >= 11 is 0. The van der Waals surface area contributed by atoms with Crippen molar-refractivity contribution in [2.45, 2.75) is 103 Å². The van der Waals surface area contributed by atoms with Gasteiger partial charge in [-0.1, -0.05) is 30.3 Å². The number of benzene rings is 1. The number of piperidine rings is 2. The second kappa shape index (κ2) is 9.72. The number of nitrogens with zero attached hydrogens (tertiary/aromatic N) is 3. The Bertz CT molecular complexity index is 734. The van der Waals surface area contributed by atoms with Crippen molar-refractivity contribution < 1.29 is 9.53 Å². The van der Waals surface area contributed by atoms with Crippen LogP contribution in [-0.2, 0) is 11.3 Å². The molecular formula is C27H45N3O2. The molecule has 0 aliphatic carbocycles. The molecule has 2 saturated heterocycles. The molecule has 2 fully saturated rings. The average molecular weight is 444 g/mol. The summed E-state index contributed by atoms with van der Waals surface area (Å²) in [7, 11) is 0. The molecule has 1 aromatic rings. The van der Waals surface area contributed by atoms with Gasteiger partial charge in [-0.05, 0) is 79.7 Å². The molecule has 0 unspecified atom stereocenters. The predicted octanol–water partition coefficient (Wildman–Crippen LogP) is 5.54. The lowest BCUT2D eigenvalue weighted by atomic mass is 9.85. The highest BCUT2D eigenvalue weighted by Gasteiger charge is 2.40. The maximum absolute atomic E-state index is 12.4. The largest absolute Gasteiger partial charge is 0.444 e. The van der Waals surface area contributed by atoms with Gasteiger partial charge >= 0.3 is 6.09 Å². The highest BCUT2D eigenvalue weighted by molar-refractivity contribution is 5.68. The van der Waals surface area contributed by atoms with Crippen LogP contribution >= 0.6 is 0 Å². The number of hydrogen-bond acceptors (Lipinski definition) is 4. The van der Waals surface area contributed by atoms with Crippen LogP contribution in [0.5, 0.6) is 0 Å². The standard InChI is InChI=1S/C27H45N3O2/c1-25(2,3)30(21-22-11-9-8-10-12-22)23-13-17-29(18-14-23)27(7)15-19-28(20-16-27)24(31)32-26(4,5)6/h8-12,23H,13-21H2,1-7H3. The third kappa shape index (κ3) is 6.48. The van der Waals surface area contributed by atoms with E-state index in [0.29, 0.717) is 6.04 Å². The van der Waals surface area contributed by atoms with Crippen LogP contribution in [0.25, 0.3) is 0 Å². The van der Waals surface area contributed by atoms with E-state index in [1.165, 1.54) is 18.4 Å². The summed E-state index contributed by atoms with van der Waals surface area (Å²) in [6.07, 6.45) is 4.28. The summed E-state index contributed by atoms with van der Waals surface area (Å²) in [6, 6.07) is 11.5. The molecule has 0 spiro atoms. The number of carbonyl (C=O) groups is 1. The molecule has 0 bridgehead atoms. The van der Waals surface area contributed by atoms with Gasteiger partial charge in [-0.15, -0.1) is 0 Å². The topological polar surface area (TPSA) is 36.0 Å². The Labute approximate surface area is 196 Å². The second-order valence-electron chi connectivity index (χ2n) is 12.0. The lowest BCUT2D eigenvalue weighted by molar-refractivity contribution is -0.0265. The van der Waals surface area contributed by atoms with Crippen LogP contribution < -0.4 is 0 Å². The Hall–Kier alpha value is -1.59. The first kappa shape index (κ1) is 25.0. The van der Waals surface area contributed by atoms with E-state index in [4.69, 9.17) is 4.74 Å². The van der Waals surface area contributed by atoms with Crippen LogP contribution in [0, 0.1) is 0 Å². The van der Waals surface area contributed by atoms with Crippen molar-refractivity contribution in [3.8, 4) is 0 Å². The highest BCUT2D eigenvalue weighted by atomic mass is 16.6. The first-order valence-electron chi connectivity index (χ1n) is 12.4. The number of amides is 1. The predicted molar refractivity (Wildman–Crippen MR) is 132 cm³/mol. The van der Waals surface area contributed by atoms with Gasteiger partial charge < -0.3 is 9.64 Å². The van der Waals surface area contributed by atoms with E-state index in [-0.39, 0.29) is 17.2 Å². The van der Waals surface area contributed by atoms with E-state index in [1.807, 2.05) is 25.7 Å². The highest BCUT2D eigenvalue weighted by Crippen LogP contribution is 2.34. The molecule has 2 aliphatic rings. The zero-order valence-electron chi connectivity index (χ0n) is 21.5. The van der Waals surface area contributed by atoms with Gasteiger partial charge in [-0.3, -0.25) is 9.80 Å². The summed E-state index contributed by atoms with van der Waals surface area (Å²) < 4.78 is 5.58. The number of carbonyl (C=O) groups excluding carboxylic acids is 1. The van der Waals surface area contributed by atoms with Crippen molar-refractivity contribution in [3.05, 3.63) is 35.9 Å². The molecular weight excluding hydrogens is 398 g/mol. The Kier molecular flexibility index (Phi) is 7.61. The van der Waals surface area contributed by atoms with Crippen LogP contribution in [0.15, 0.2) is 30.3 Å². The minimum Gasteiger partial charge on any atom is -0.444 e. The number of likely N-dealkylation sites (tertiary alicyclic amines) is 2. The molecule has 0 aromatic heterocycles. The molecule has 2 aliphatic heterocycles. The van der Waals surface area contributed by atoms with E-state index < -0.39 is 5.60 Å². The molecule has 180 valence electrons. The van der Waals surface area contributed by atoms with E-state index >= 15 is 0 Å². The van der Waals surface area contributed by atoms with Crippen LogP contribution in [0.2, 0.25) is 0 Å². The van der Waals surface area contributed by atoms with Crippen molar-refractivity contribution in [2.24, 2.45) is 0 Å². The molecule has 5 nitrogen and oxygen atoms in total. The number of ether oxygens (including phenoxy) is 1. The van der Waals surface area contributed by atoms with Crippen LogP contribution in [-0.4, -0.2) is 69.7 Å². The molecule has 2 heterocycles. The van der Waals surface area contributed by atoms with Crippen molar-refractivity contribution in [3.63, 3.8) is 0 Å². The van der Waals surface area contributed by atoms with Gasteiger partial charge in [0.1, 0.15) is 5.60 Å². The van der Waals surface area contributed by atoms with Crippen LogP contribution in [0.4, 0.5) is 4.79 Å². The van der Waals surface area contributed by atoms with Gasteiger partial charge in [-0.2, -0.15) is 0 Å². The van der Waals surface area contributed by atoms with Crippen molar-refractivity contribution in [2.75, 3.05) is 26.2 Å². The van der Waals surface area contributed by atoms with Gasteiger partial charge in [0, 0.05) is 49.8 Å². The van der Waals surface area contributed by atoms with Gasteiger partial charge in [-0.25, -0.2) is 4.79 Å². The minimum absolute atomic E-state index is 0.144. The van der Waals surface area contributed by atoms with E-state index in [1.54, 1.807) is 0 Å². The molecule has 0 N–H and O–H groups in total. The fourth-order valence-corrected chi connectivity index (χ4v) is 5.23. The smallest absolute Gasteiger partial charge is 0.410 e. The lowest BCUT2D eigenvalue weighted by Crippen LogP contribution is -2.59. The molecule has 32 heavy (non-hydrogen) atoms. The third-order valence-electron chi connectivity index (χ3n) is 7.22. The first-order valence-corrected chi connectivity index (χ1v) is 12.4. The zero-order valence-corrected chi connectivity index (χ0v) is 21.5. The Balaban J connectivity index is 1.56. The van der Waals surface area contributed by atoms with Gasteiger partial charge in [0.2, 0.25) is 0 Å². The monoisotopic (exact) mass is 443 g/mol. The van der Waals surface area contributed by atoms with E-state index in [2.05, 4.69) is 67.8 Å². The first-order chi connectivity index (χ1) is 14.9. The molecule has 5 heteroatoms. The summed E-state index contributed by atoms with van der Waals surface area (Å²) in [6.45, 7) is 20.1. The van der Waals surface area contributed by atoms with Gasteiger partial charge in [0.05, 0.1) is 0 Å². The summed E-state index contributed by atoms with van der Waals surface area (Å²) in [5, 5.41) is 0. The molecule has 0 atom stereocenters.